The Morgan fingerprint density at radius 2 is 1.78 bits per heavy atom. The number of nitrogens with two attached hydrogens (primary N) is 1. The molecule has 0 atom stereocenters. The number of anilines is 1. The summed E-state index contributed by atoms with van der Waals surface area (Å²) in [5.41, 5.74) is 8.77. The van der Waals surface area contributed by atoms with Gasteiger partial charge >= 0.3 is 0 Å². The highest BCUT2D eigenvalue weighted by atomic mass is 19.1. The summed E-state index contributed by atoms with van der Waals surface area (Å²) in [6.45, 7) is 1.27. The van der Waals surface area contributed by atoms with Crippen LogP contribution >= 0.6 is 0 Å². The van der Waals surface area contributed by atoms with Gasteiger partial charge in [-0.1, -0.05) is 30.3 Å². The molecule has 2 N–H and O–H groups in total. The van der Waals surface area contributed by atoms with Gasteiger partial charge in [-0.3, -0.25) is 0 Å². The van der Waals surface area contributed by atoms with Crippen molar-refractivity contribution in [3.05, 3.63) is 65.5 Å². The lowest BCUT2D eigenvalue weighted by Gasteiger charge is -2.19. The van der Waals surface area contributed by atoms with E-state index in [-0.39, 0.29) is 5.82 Å². The molecule has 0 heterocycles. The van der Waals surface area contributed by atoms with Gasteiger partial charge in [0.05, 0.1) is 0 Å². The normalized spacial score (nSPS) is 10.4. The average molecular weight is 244 g/mol. The van der Waals surface area contributed by atoms with Crippen molar-refractivity contribution in [3.63, 3.8) is 0 Å². The Balaban J connectivity index is 2.13. The molecular formula is C15H17FN2. The van der Waals surface area contributed by atoms with Crippen molar-refractivity contribution in [1.29, 1.82) is 0 Å². The highest BCUT2D eigenvalue weighted by Gasteiger charge is 2.03. The zero-order chi connectivity index (χ0) is 13.0. The number of hydrogen-bond donors (Lipinski definition) is 1. The lowest BCUT2D eigenvalue weighted by Crippen LogP contribution is -2.16. The van der Waals surface area contributed by atoms with Crippen molar-refractivity contribution in [2.45, 2.75) is 13.1 Å². The first-order valence-corrected chi connectivity index (χ1v) is 5.93. The standard InChI is InChI=1S/C15H17FN2/c1-18(15-7-3-6-14(16)9-15)11-13-5-2-4-12(8-13)10-17/h2-9H,10-11,17H2,1H3. The Kier molecular flexibility index (Phi) is 3.95. The van der Waals surface area contributed by atoms with Crippen molar-refractivity contribution in [2.75, 3.05) is 11.9 Å². The third-order valence-corrected chi connectivity index (χ3v) is 2.90. The summed E-state index contributed by atoms with van der Waals surface area (Å²) in [4.78, 5) is 2.01. The molecule has 0 amide bonds. The van der Waals surface area contributed by atoms with E-state index in [0.29, 0.717) is 6.54 Å². The van der Waals surface area contributed by atoms with E-state index < -0.39 is 0 Å². The first kappa shape index (κ1) is 12.6. The van der Waals surface area contributed by atoms with Gasteiger partial charge in [0.25, 0.3) is 0 Å². The highest BCUT2D eigenvalue weighted by molar-refractivity contribution is 5.46. The highest BCUT2D eigenvalue weighted by Crippen LogP contribution is 2.17. The minimum Gasteiger partial charge on any atom is -0.370 e. The Hall–Kier alpha value is -1.87. The quantitative estimate of drug-likeness (QED) is 0.896. The molecule has 2 rings (SSSR count). The lowest BCUT2D eigenvalue weighted by atomic mass is 10.1. The second-order valence-corrected chi connectivity index (χ2v) is 4.36. The summed E-state index contributed by atoms with van der Waals surface area (Å²) in [5.74, 6) is -0.213. The summed E-state index contributed by atoms with van der Waals surface area (Å²) in [5, 5.41) is 0. The molecule has 0 spiro atoms. The van der Waals surface area contributed by atoms with E-state index in [2.05, 4.69) is 12.1 Å². The fraction of sp³-hybridized carbons (Fsp3) is 0.200. The SMILES string of the molecule is CN(Cc1cccc(CN)c1)c1cccc(F)c1. The summed E-state index contributed by atoms with van der Waals surface area (Å²) in [7, 11) is 1.95. The molecule has 0 aliphatic heterocycles. The number of hydrogen-bond acceptors (Lipinski definition) is 2. The van der Waals surface area contributed by atoms with Crippen LogP contribution in [-0.2, 0) is 13.1 Å². The maximum absolute atomic E-state index is 13.1. The van der Waals surface area contributed by atoms with Crippen molar-refractivity contribution in [3.8, 4) is 0 Å². The van der Waals surface area contributed by atoms with Gasteiger partial charge in [0.15, 0.2) is 0 Å². The van der Waals surface area contributed by atoms with E-state index in [0.717, 1.165) is 17.8 Å². The third-order valence-electron chi connectivity index (χ3n) is 2.90. The number of benzene rings is 2. The predicted molar refractivity (Wildman–Crippen MR) is 72.8 cm³/mol. The molecule has 0 aromatic heterocycles. The van der Waals surface area contributed by atoms with Crippen LogP contribution in [0.3, 0.4) is 0 Å². The van der Waals surface area contributed by atoms with Crippen LogP contribution in [0.15, 0.2) is 48.5 Å². The number of nitrogens with zero attached hydrogens (tertiary/aromatic N) is 1. The van der Waals surface area contributed by atoms with Crippen molar-refractivity contribution in [1.82, 2.24) is 0 Å². The molecule has 0 aliphatic carbocycles. The predicted octanol–water partition coefficient (Wildman–Crippen LogP) is 2.92. The maximum Gasteiger partial charge on any atom is 0.125 e. The summed E-state index contributed by atoms with van der Waals surface area (Å²) in [6.07, 6.45) is 0. The summed E-state index contributed by atoms with van der Waals surface area (Å²) >= 11 is 0. The summed E-state index contributed by atoms with van der Waals surface area (Å²) in [6, 6.07) is 14.7. The van der Waals surface area contributed by atoms with E-state index in [1.807, 2.05) is 30.1 Å². The van der Waals surface area contributed by atoms with Gasteiger partial charge in [-0.2, -0.15) is 0 Å². The molecule has 0 unspecified atom stereocenters. The van der Waals surface area contributed by atoms with Gasteiger partial charge in [-0.05, 0) is 29.3 Å². The fourth-order valence-electron chi connectivity index (χ4n) is 1.93. The maximum atomic E-state index is 13.1. The molecule has 94 valence electrons. The van der Waals surface area contributed by atoms with Gasteiger partial charge in [-0.25, -0.2) is 4.39 Å². The Bertz CT molecular complexity index is 525. The second kappa shape index (κ2) is 5.65. The number of halogens is 1. The molecule has 2 nitrogen and oxygen atoms in total. The van der Waals surface area contributed by atoms with Crippen LogP contribution in [0.1, 0.15) is 11.1 Å². The van der Waals surface area contributed by atoms with Crippen LogP contribution in [0.4, 0.5) is 10.1 Å². The Labute approximate surface area is 107 Å². The van der Waals surface area contributed by atoms with Crippen LogP contribution in [0.5, 0.6) is 0 Å². The molecule has 0 fully saturated rings. The largest absolute Gasteiger partial charge is 0.370 e. The van der Waals surface area contributed by atoms with Crippen molar-refractivity contribution < 1.29 is 4.39 Å². The first-order chi connectivity index (χ1) is 8.69. The average Bonchev–Trinajstić information content (AvgIpc) is 2.39. The molecule has 3 heteroatoms. The minimum absolute atomic E-state index is 0.213. The van der Waals surface area contributed by atoms with Crippen molar-refractivity contribution in [2.24, 2.45) is 5.73 Å². The van der Waals surface area contributed by atoms with Crippen LogP contribution in [0.2, 0.25) is 0 Å². The smallest absolute Gasteiger partial charge is 0.125 e. The zero-order valence-electron chi connectivity index (χ0n) is 10.4. The Morgan fingerprint density at radius 1 is 1.06 bits per heavy atom. The third kappa shape index (κ3) is 3.08. The molecule has 2 aromatic rings. The van der Waals surface area contributed by atoms with Gasteiger partial charge in [0, 0.05) is 25.8 Å². The topological polar surface area (TPSA) is 29.3 Å². The van der Waals surface area contributed by atoms with E-state index >= 15 is 0 Å². The molecule has 0 saturated heterocycles. The minimum atomic E-state index is -0.213. The van der Waals surface area contributed by atoms with E-state index in [4.69, 9.17) is 5.73 Å². The molecular weight excluding hydrogens is 227 g/mol. The lowest BCUT2D eigenvalue weighted by molar-refractivity contribution is 0.627. The molecule has 18 heavy (non-hydrogen) atoms. The van der Waals surface area contributed by atoms with Gasteiger partial charge < -0.3 is 10.6 Å². The molecule has 0 radical (unpaired) electrons. The van der Waals surface area contributed by atoms with E-state index in [9.17, 15) is 4.39 Å². The molecule has 0 aliphatic rings. The van der Waals surface area contributed by atoms with Gasteiger partial charge in [-0.15, -0.1) is 0 Å². The van der Waals surface area contributed by atoms with Crippen LogP contribution in [0.25, 0.3) is 0 Å². The monoisotopic (exact) mass is 244 g/mol. The number of rotatable bonds is 4. The molecule has 0 bridgehead atoms. The second-order valence-electron chi connectivity index (χ2n) is 4.36. The molecule has 0 saturated carbocycles. The first-order valence-electron chi connectivity index (χ1n) is 5.93. The fourth-order valence-corrected chi connectivity index (χ4v) is 1.93. The van der Waals surface area contributed by atoms with Crippen LogP contribution < -0.4 is 10.6 Å². The summed E-state index contributed by atoms with van der Waals surface area (Å²) < 4.78 is 13.1. The van der Waals surface area contributed by atoms with Crippen LogP contribution in [-0.4, -0.2) is 7.05 Å². The van der Waals surface area contributed by atoms with Crippen LogP contribution in [0, 0.1) is 5.82 Å². The zero-order valence-corrected chi connectivity index (χ0v) is 10.4. The Morgan fingerprint density at radius 3 is 2.50 bits per heavy atom. The van der Waals surface area contributed by atoms with Gasteiger partial charge in [0.2, 0.25) is 0 Å². The molecule has 2 aromatic carbocycles. The van der Waals surface area contributed by atoms with E-state index in [1.54, 1.807) is 6.07 Å². The van der Waals surface area contributed by atoms with E-state index in [1.165, 1.54) is 17.7 Å². The van der Waals surface area contributed by atoms with Gasteiger partial charge in [0.1, 0.15) is 5.82 Å². The van der Waals surface area contributed by atoms with Crippen molar-refractivity contribution >= 4 is 5.69 Å².